The molecular formula is C17H13F2N3O3. The molecule has 3 aromatic rings. The van der Waals surface area contributed by atoms with Crippen molar-refractivity contribution in [1.29, 1.82) is 0 Å². The van der Waals surface area contributed by atoms with Gasteiger partial charge in [-0.3, -0.25) is 9.59 Å². The first-order valence-electron chi connectivity index (χ1n) is 7.34. The van der Waals surface area contributed by atoms with E-state index in [0.29, 0.717) is 22.2 Å². The molecule has 8 heteroatoms. The number of hydrogen-bond acceptors (Lipinski definition) is 4. The third-order valence-electron chi connectivity index (χ3n) is 3.47. The van der Waals surface area contributed by atoms with E-state index in [2.05, 4.69) is 20.3 Å². The number of carbonyl (C=O) groups is 1. The highest BCUT2D eigenvalue weighted by Gasteiger charge is 2.11. The molecule has 0 aliphatic rings. The SMILES string of the molecule is O=C(Cc1n[nH]c(=O)c2ccccc12)Nc1ccc(OC(F)F)cc1. The maximum Gasteiger partial charge on any atom is 0.387 e. The molecule has 0 saturated heterocycles. The Morgan fingerprint density at radius 1 is 1.12 bits per heavy atom. The maximum absolute atomic E-state index is 12.2. The molecule has 0 fully saturated rings. The number of rotatable bonds is 5. The molecule has 0 aliphatic carbocycles. The van der Waals surface area contributed by atoms with Crippen LogP contribution in [-0.2, 0) is 11.2 Å². The van der Waals surface area contributed by atoms with Gasteiger partial charge in [-0.1, -0.05) is 18.2 Å². The first kappa shape index (κ1) is 16.6. The number of nitrogens with one attached hydrogen (secondary N) is 2. The number of alkyl halides is 2. The molecule has 1 amide bonds. The number of hydrogen-bond donors (Lipinski definition) is 2. The molecule has 0 atom stereocenters. The zero-order valence-corrected chi connectivity index (χ0v) is 12.8. The average molecular weight is 345 g/mol. The molecule has 0 radical (unpaired) electrons. The van der Waals surface area contributed by atoms with Gasteiger partial charge in [0.15, 0.2) is 0 Å². The summed E-state index contributed by atoms with van der Waals surface area (Å²) in [6.45, 7) is -2.90. The van der Waals surface area contributed by atoms with Crippen LogP contribution in [0.25, 0.3) is 10.8 Å². The fourth-order valence-corrected chi connectivity index (χ4v) is 2.38. The van der Waals surface area contributed by atoms with Crippen molar-refractivity contribution in [1.82, 2.24) is 10.2 Å². The molecule has 0 spiro atoms. The number of halogens is 2. The summed E-state index contributed by atoms with van der Waals surface area (Å²) in [4.78, 5) is 23.9. The number of aromatic nitrogens is 2. The minimum atomic E-state index is -2.90. The van der Waals surface area contributed by atoms with Crippen molar-refractivity contribution in [3.05, 3.63) is 64.6 Å². The smallest absolute Gasteiger partial charge is 0.387 e. The van der Waals surface area contributed by atoms with Gasteiger partial charge in [0.05, 0.1) is 17.5 Å². The van der Waals surface area contributed by atoms with E-state index >= 15 is 0 Å². The first-order valence-corrected chi connectivity index (χ1v) is 7.34. The summed E-state index contributed by atoms with van der Waals surface area (Å²) in [6, 6.07) is 12.4. The van der Waals surface area contributed by atoms with Crippen LogP contribution in [0.1, 0.15) is 5.69 Å². The molecule has 6 nitrogen and oxygen atoms in total. The van der Waals surface area contributed by atoms with E-state index in [0.717, 1.165) is 0 Å². The lowest BCUT2D eigenvalue weighted by atomic mass is 10.1. The number of amides is 1. The van der Waals surface area contributed by atoms with Gasteiger partial charge in [0.25, 0.3) is 5.56 Å². The Morgan fingerprint density at radius 2 is 1.80 bits per heavy atom. The van der Waals surface area contributed by atoms with Crippen LogP contribution in [-0.4, -0.2) is 22.7 Å². The topological polar surface area (TPSA) is 84.1 Å². The monoisotopic (exact) mass is 345 g/mol. The summed E-state index contributed by atoms with van der Waals surface area (Å²) < 4.78 is 28.5. The lowest BCUT2D eigenvalue weighted by molar-refractivity contribution is -0.115. The largest absolute Gasteiger partial charge is 0.435 e. The van der Waals surface area contributed by atoms with Crippen molar-refractivity contribution in [2.45, 2.75) is 13.0 Å². The zero-order valence-electron chi connectivity index (χ0n) is 12.8. The number of benzene rings is 2. The molecular weight excluding hydrogens is 332 g/mol. The quantitative estimate of drug-likeness (QED) is 0.745. The number of H-pyrrole nitrogens is 1. The molecule has 2 N–H and O–H groups in total. The van der Waals surface area contributed by atoms with Gasteiger partial charge in [-0.15, -0.1) is 0 Å². The van der Waals surface area contributed by atoms with E-state index in [9.17, 15) is 18.4 Å². The van der Waals surface area contributed by atoms with Crippen molar-refractivity contribution in [2.24, 2.45) is 0 Å². The second-order valence-electron chi connectivity index (χ2n) is 5.17. The minimum Gasteiger partial charge on any atom is -0.435 e. The summed E-state index contributed by atoms with van der Waals surface area (Å²) >= 11 is 0. The summed E-state index contributed by atoms with van der Waals surface area (Å²) in [6.07, 6.45) is -0.0490. The van der Waals surface area contributed by atoms with Crippen molar-refractivity contribution in [2.75, 3.05) is 5.32 Å². The number of aromatic amines is 1. The lowest BCUT2D eigenvalue weighted by Gasteiger charge is -2.08. The Kier molecular flexibility index (Phi) is 4.69. The standard InChI is InChI=1S/C17H13F2N3O3/c18-17(19)25-11-7-5-10(6-8-11)20-15(23)9-14-12-3-1-2-4-13(12)16(24)22-21-14/h1-8,17H,9H2,(H,20,23)(H,22,24). The van der Waals surface area contributed by atoms with E-state index in [4.69, 9.17) is 0 Å². The highest BCUT2D eigenvalue weighted by Crippen LogP contribution is 2.18. The Balaban J connectivity index is 1.73. The Labute approximate surface area is 140 Å². The Hall–Kier alpha value is -3.29. The van der Waals surface area contributed by atoms with Crippen LogP contribution < -0.4 is 15.6 Å². The van der Waals surface area contributed by atoms with E-state index in [-0.39, 0.29) is 23.6 Å². The van der Waals surface area contributed by atoms with Crippen molar-refractivity contribution >= 4 is 22.4 Å². The van der Waals surface area contributed by atoms with E-state index < -0.39 is 6.61 Å². The Bertz CT molecular complexity index is 955. The lowest BCUT2D eigenvalue weighted by Crippen LogP contribution is -2.18. The number of ether oxygens (including phenoxy) is 1. The zero-order chi connectivity index (χ0) is 17.8. The Morgan fingerprint density at radius 3 is 2.48 bits per heavy atom. The van der Waals surface area contributed by atoms with Gasteiger partial charge in [-0.25, -0.2) is 5.10 Å². The van der Waals surface area contributed by atoms with Crippen molar-refractivity contribution in [3.63, 3.8) is 0 Å². The van der Waals surface area contributed by atoms with Crippen LogP contribution in [0.2, 0.25) is 0 Å². The van der Waals surface area contributed by atoms with Gasteiger partial charge in [0.1, 0.15) is 5.75 Å². The number of carbonyl (C=O) groups excluding carboxylic acids is 1. The normalized spacial score (nSPS) is 10.8. The molecule has 0 unspecified atom stereocenters. The molecule has 1 heterocycles. The van der Waals surface area contributed by atoms with Crippen LogP contribution >= 0.6 is 0 Å². The fraction of sp³-hybridized carbons (Fsp3) is 0.118. The average Bonchev–Trinajstić information content (AvgIpc) is 2.59. The number of nitrogens with zero attached hydrogens (tertiary/aromatic N) is 1. The second kappa shape index (κ2) is 7.08. The van der Waals surface area contributed by atoms with E-state index in [1.165, 1.54) is 24.3 Å². The maximum atomic E-state index is 12.2. The fourth-order valence-electron chi connectivity index (χ4n) is 2.38. The predicted molar refractivity (Wildman–Crippen MR) is 87.8 cm³/mol. The molecule has 3 rings (SSSR count). The van der Waals surface area contributed by atoms with Crippen molar-refractivity contribution < 1.29 is 18.3 Å². The molecule has 0 bridgehead atoms. The van der Waals surface area contributed by atoms with Gasteiger partial charge >= 0.3 is 6.61 Å². The number of anilines is 1. The predicted octanol–water partition coefficient (Wildman–Crippen LogP) is 2.71. The summed E-state index contributed by atoms with van der Waals surface area (Å²) in [5.74, 6) is -0.353. The van der Waals surface area contributed by atoms with Crippen LogP contribution in [0, 0.1) is 0 Å². The van der Waals surface area contributed by atoms with E-state index in [1.54, 1.807) is 24.3 Å². The third kappa shape index (κ3) is 3.97. The van der Waals surface area contributed by atoms with E-state index in [1.807, 2.05) is 0 Å². The highest BCUT2D eigenvalue weighted by atomic mass is 19.3. The molecule has 0 aliphatic heterocycles. The summed E-state index contributed by atoms with van der Waals surface area (Å²) in [5, 5.41) is 9.99. The molecule has 2 aromatic carbocycles. The van der Waals surface area contributed by atoms with Gasteiger partial charge in [0.2, 0.25) is 5.91 Å². The minimum absolute atomic E-state index is 0.00120. The van der Waals surface area contributed by atoms with Crippen LogP contribution in [0.3, 0.4) is 0 Å². The molecule has 128 valence electrons. The van der Waals surface area contributed by atoms with Crippen LogP contribution in [0.4, 0.5) is 14.5 Å². The van der Waals surface area contributed by atoms with Crippen LogP contribution in [0.5, 0.6) is 5.75 Å². The molecule has 1 aromatic heterocycles. The third-order valence-corrected chi connectivity index (χ3v) is 3.47. The highest BCUT2D eigenvalue weighted by molar-refractivity contribution is 5.95. The second-order valence-corrected chi connectivity index (χ2v) is 5.17. The summed E-state index contributed by atoms with van der Waals surface area (Å²) in [5.41, 5.74) is 0.542. The van der Waals surface area contributed by atoms with Gasteiger partial charge in [0, 0.05) is 11.1 Å². The van der Waals surface area contributed by atoms with Gasteiger partial charge < -0.3 is 10.1 Å². The van der Waals surface area contributed by atoms with Gasteiger partial charge in [-0.2, -0.15) is 13.9 Å². The molecule has 0 saturated carbocycles. The summed E-state index contributed by atoms with van der Waals surface area (Å²) in [7, 11) is 0. The van der Waals surface area contributed by atoms with Gasteiger partial charge in [-0.05, 0) is 30.3 Å². The van der Waals surface area contributed by atoms with Crippen molar-refractivity contribution in [3.8, 4) is 5.75 Å². The first-order chi connectivity index (χ1) is 12.0. The van der Waals surface area contributed by atoms with Crippen LogP contribution in [0.15, 0.2) is 53.3 Å². The number of fused-ring (bicyclic) bond motifs is 1. The molecule has 25 heavy (non-hydrogen) atoms.